The summed E-state index contributed by atoms with van der Waals surface area (Å²) >= 11 is 0. The number of ether oxygens (including phenoxy) is 1. The molecule has 10 heteroatoms. The first-order valence-electron chi connectivity index (χ1n) is 12.1. The van der Waals surface area contributed by atoms with Crippen LogP contribution in [0, 0.1) is 5.41 Å². The van der Waals surface area contributed by atoms with Crippen LogP contribution in [0.5, 0.6) is 5.75 Å². The van der Waals surface area contributed by atoms with Crippen LogP contribution in [0.3, 0.4) is 0 Å². The number of halogens is 3. The zero-order chi connectivity index (χ0) is 24.8. The van der Waals surface area contributed by atoms with E-state index in [4.69, 9.17) is 20.7 Å². The van der Waals surface area contributed by atoms with Gasteiger partial charge in [0.05, 0.1) is 17.7 Å². The molecule has 2 atom stereocenters. The fourth-order valence-corrected chi connectivity index (χ4v) is 4.58. The van der Waals surface area contributed by atoms with Crippen molar-refractivity contribution in [3.63, 3.8) is 0 Å². The first-order chi connectivity index (χ1) is 16.2. The summed E-state index contributed by atoms with van der Waals surface area (Å²) in [5, 5.41) is 7.81. The maximum Gasteiger partial charge on any atom is 0.419 e. The van der Waals surface area contributed by atoms with Gasteiger partial charge in [0.2, 0.25) is 0 Å². The Hall–Kier alpha value is -2.49. The normalized spacial score (nSPS) is 22.6. The van der Waals surface area contributed by atoms with Crippen molar-refractivity contribution >= 4 is 11.8 Å². The van der Waals surface area contributed by atoms with Crippen LogP contribution in [0.15, 0.2) is 23.2 Å². The summed E-state index contributed by atoms with van der Waals surface area (Å²) in [5.74, 6) is -0.0383. The fourth-order valence-electron chi connectivity index (χ4n) is 4.58. The number of nitrogens with zero attached hydrogens (tertiary/aromatic N) is 2. The Balaban J connectivity index is 1.67. The van der Waals surface area contributed by atoms with Crippen molar-refractivity contribution < 1.29 is 22.7 Å². The van der Waals surface area contributed by atoms with Crippen molar-refractivity contribution in [2.75, 3.05) is 13.2 Å². The lowest BCUT2D eigenvalue weighted by Gasteiger charge is -2.37. The second-order valence-electron chi connectivity index (χ2n) is 9.23. The highest BCUT2D eigenvalue weighted by atomic mass is 19.4. The minimum atomic E-state index is -4.56. The number of likely N-dealkylation sites (tertiary alicyclic amines) is 1. The molecule has 190 valence electrons. The number of unbranched alkanes of at least 4 members (excludes halogenated alkanes) is 6. The van der Waals surface area contributed by atoms with Gasteiger partial charge in [0.1, 0.15) is 5.75 Å². The van der Waals surface area contributed by atoms with E-state index in [2.05, 4.69) is 17.4 Å². The van der Waals surface area contributed by atoms with E-state index in [0.717, 1.165) is 38.2 Å². The van der Waals surface area contributed by atoms with Gasteiger partial charge in [-0.1, -0.05) is 45.4 Å². The van der Waals surface area contributed by atoms with Crippen LogP contribution >= 0.6 is 0 Å². The number of hydrogen-bond acceptors (Lipinski definition) is 5. The van der Waals surface area contributed by atoms with Gasteiger partial charge < -0.3 is 15.4 Å². The molecule has 0 aliphatic carbocycles. The van der Waals surface area contributed by atoms with E-state index in [0.29, 0.717) is 13.0 Å². The van der Waals surface area contributed by atoms with E-state index in [1.807, 2.05) is 6.92 Å². The van der Waals surface area contributed by atoms with Crippen LogP contribution in [0.1, 0.15) is 82.8 Å². The Kier molecular flexibility index (Phi) is 8.67. The van der Waals surface area contributed by atoms with Crippen molar-refractivity contribution in [2.45, 2.75) is 89.6 Å². The maximum atomic E-state index is 13.8. The second kappa shape index (κ2) is 11.3. The summed E-state index contributed by atoms with van der Waals surface area (Å²) in [6.45, 7) is 4.91. The summed E-state index contributed by atoms with van der Waals surface area (Å²) < 4.78 is 46.8. The Morgan fingerprint density at radius 1 is 1.26 bits per heavy atom. The molecule has 0 amide bonds. The molecule has 0 spiro atoms. The molecule has 2 aliphatic rings. The molecule has 34 heavy (non-hydrogen) atoms. The third-order valence-corrected chi connectivity index (χ3v) is 6.58. The van der Waals surface area contributed by atoms with Crippen molar-refractivity contribution in [3.8, 4) is 5.75 Å². The van der Waals surface area contributed by atoms with Crippen LogP contribution in [-0.4, -0.2) is 41.6 Å². The summed E-state index contributed by atoms with van der Waals surface area (Å²) in [4.78, 5) is 11.8. The summed E-state index contributed by atoms with van der Waals surface area (Å²) in [5.41, 5.74) is 7.15. The van der Waals surface area contributed by atoms with Gasteiger partial charge in [-0.3, -0.25) is 5.41 Å². The molecule has 4 N–H and O–H groups in total. The molecule has 0 radical (unpaired) electrons. The molecule has 2 aliphatic heterocycles. The van der Waals surface area contributed by atoms with E-state index in [1.54, 1.807) is 11.0 Å². The predicted octanol–water partition coefficient (Wildman–Crippen LogP) is 5.19. The lowest BCUT2D eigenvalue weighted by atomic mass is 9.97. The highest BCUT2D eigenvalue weighted by Crippen LogP contribution is 2.38. The lowest BCUT2D eigenvalue weighted by Crippen LogP contribution is -2.54. The summed E-state index contributed by atoms with van der Waals surface area (Å²) in [6, 6.07) is 3.93. The SMILES string of the molecule is CCCCCCCCCOc1ccc(C2=NC(C3(C)CCCN3C(=N)N)ON2)cc1C(F)(F)F. The number of nitrogens with one attached hydrogen (secondary N) is 2. The molecule has 3 rings (SSSR count). The largest absolute Gasteiger partial charge is 0.493 e. The Labute approximate surface area is 199 Å². The van der Waals surface area contributed by atoms with Crippen molar-refractivity contribution in [1.29, 1.82) is 5.41 Å². The molecular formula is C24H36F3N5O2. The van der Waals surface area contributed by atoms with Crippen LogP contribution in [0.4, 0.5) is 13.2 Å². The minimum absolute atomic E-state index is 0.0749. The van der Waals surface area contributed by atoms with Crippen molar-refractivity contribution in [1.82, 2.24) is 10.4 Å². The van der Waals surface area contributed by atoms with Gasteiger partial charge in [-0.05, 0) is 44.4 Å². The lowest BCUT2D eigenvalue weighted by molar-refractivity contribution is -0.139. The molecule has 0 aromatic heterocycles. The van der Waals surface area contributed by atoms with Gasteiger partial charge in [0, 0.05) is 12.1 Å². The average molecular weight is 484 g/mol. The van der Waals surface area contributed by atoms with Crippen molar-refractivity contribution in [2.24, 2.45) is 10.7 Å². The Bertz CT molecular complexity index is 877. The standard InChI is InChI=1S/C24H36F3N5O2/c1-3-4-5-6-7-8-9-15-33-19-12-11-17(16-18(19)24(25,26)27)20-30-21(34-31-20)23(2)13-10-14-32(23)22(28)29/h11-12,16,21H,3-10,13-15H2,1-2H3,(H3,28,29)(H,30,31). The number of nitrogens with two attached hydrogens (primary N) is 1. The molecule has 1 fully saturated rings. The van der Waals surface area contributed by atoms with Crippen molar-refractivity contribution in [3.05, 3.63) is 29.3 Å². The number of hydrogen-bond donors (Lipinski definition) is 3. The molecule has 1 aromatic rings. The number of guanidine groups is 1. The third-order valence-electron chi connectivity index (χ3n) is 6.58. The summed E-state index contributed by atoms with van der Waals surface area (Å²) in [6.07, 6.45) is 3.76. The average Bonchev–Trinajstić information content (AvgIpc) is 3.43. The van der Waals surface area contributed by atoms with Gasteiger partial charge in [0.15, 0.2) is 18.0 Å². The monoisotopic (exact) mass is 483 g/mol. The Morgan fingerprint density at radius 3 is 2.65 bits per heavy atom. The third kappa shape index (κ3) is 6.14. The van der Waals surface area contributed by atoms with E-state index in [9.17, 15) is 13.2 Å². The minimum Gasteiger partial charge on any atom is -0.493 e. The highest BCUT2D eigenvalue weighted by molar-refractivity contribution is 5.99. The molecule has 2 heterocycles. The molecule has 1 saturated heterocycles. The fraction of sp³-hybridized carbons (Fsp3) is 0.667. The van der Waals surface area contributed by atoms with Gasteiger partial charge in [-0.15, -0.1) is 0 Å². The number of hydroxylamine groups is 1. The molecule has 2 unspecified atom stereocenters. The topological polar surface area (TPSA) is 96.0 Å². The van der Waals surface area contributed by atoms with E-state index in [1.165, 1.54) is 25.3 Å². The molecule has 0 bridgehead atoms. The first kappa shape index (κ1) is 26.1. The van der Waals surface area contributed by atoms with E-state index >= 15 is 0 Å². The molecular weight excluding hydrogens is 447 g/mol. The van der Waals surface area contributed by atoms with Gasteiger partial charge in [0.25, 0.3) is 0 Å². The van der Waals surface area contributed by atoms with Crippen LogP contribution in [0.25, 0.3) is 0 Å². The second-order valence-corrected chi connectivity index (χ2v) is 9.23. The molecule has 0 saturated carbocycles. The predicted molar refractivity (Wildman–Crippen MR) is 126 cm³/mol. The highest BCUT2D eigenvalue weighted by Gasteiger charge is 2.47. The number of alkyl halides is 3. The van der Waals surface area contributed by atoms with Crippen LogP contribution < -0.4 is 16.0 Å². The molecule has 7 nitrogen and oxygen atoms in total. The molecule has 1 aromatic carbocycles. The van der Waals surface area contributed by atoms with E-state index in [-0.39, 0.29) is 29.7 Å². The zero-order valence-corrected chi connectivity index (χ0v) is 20.0. The van der Waals surface area contributed by atoms with Gasteiger partial charge in [-0.25, -0.2) is 15.3 Å². The van der Waals surface area contributed by atoms with E-state index < -0.39 is 23.5 Å². The maximum absolute atomic E-state index is 13.8. The summed E-state index contributed by atoms with van der Waals surface area (Å²) in [7, 11) is 0. The number of aliphatic imine (C=N–C) groups is 1. The Morgan fingerprint density at radius 2 is 1.97 bits per heavy atom. The smallest absolute Gasteiger partial charge is 0.419 e. The first-order valence-corrected chi connectivity index (χ1v) is 12.1. The number of amidine groups is 1. The number of benzene rings is 1. The number of rotatable bonds is 11. The quantitative estimate of drug-likeness (QED) is 0.229. The van der Waals surface area contributed by atoms with Crippen LogP contribution in [-0.2, 0) is 11.0 Å². The zero-order valence-electron chi connectivity index (χ0n) is 20.0. The van der Waals surface area contributed by atoms with Gasteiger partial charge >= 0.3 is 6.18 Å². The van der Waals surface area contributed by atoms with Gasteiger partial charge in [-0.2, -0.15) is 13.2 Å². The van der Waals surface area contributed by atoms with Crippen LogP contribution in [0.2, 0.25) is 0 Å².